The zero-order valence-corrected chi connectivity index (χ0v) is 13.7. The minimum atomic E-state index is 0.326. The lowest BCUT2D eigenvalue weighted by Gasteiger charge is -2.60. The van der Waals surface area contributed by atoms with E-state index in [1.807, 2.05) is 0 Å². The van der Waals surface area contributed by atoms with Crippen molar-refractivity contribution in [2.45, 2.75) is 63.3 Å². The van der Waals surface area contributed by atoms with Gasteiger partial charge >= 0.3 is 0 Å². The summed E-state index contributed by atoms with van der Waals surface area (Å²) in [5.74, 6) is 0.868. The van der Waals surface area contributed by atoms with E-state index in [1.165, 1.54) is 90.5 Å². The summed E-state index contributed by atoms with van der Waals surface area (Å²) in [6, 6.07) is 0. The van der Waals surface area contributed by atoms with Crippen molar-refractivity contribution in [1.29, 1.82) is 0 Å². The highest BCUT2D eigenvalue weighted by Gasteiger charge is 2.51. The molecule has 4 saturated heterocycles. The molecule has 0 aromatic rings. The van der Waals surface area contributed by atoms with E-state index < -0.39 is 0 Å². The smallest absolute Gasteiger partial charge is 0.0487 e. The number of rotatable bonds is 2. The van der Waals surface area contributed by atoms with Crippen LogP contribution in [-0.2, 0) is 0 Å². The third-order valence-corrected chi connectivity index (χ3v) is 7.57. The Labute approximate surface area is 130 Å². The van der Waals surface area contributed by atoms with Crippen LogP contribution in [0.15, 0.2) is 0 Å². The molecule has 1 spiro atoms. The molecule has 2 N–H and O–H groups in total. The fourth-order valence-electron chi connectivity index (χ4n) is 6.09. The number of nitrogens with two attached hydrogens (primary N) is 1. The second-order valence-corrected chi connectivity index (χ2v) is 8.41. The molecule has 0 aromatic carbocycles. The van der Waals surface area contributed by atoms with E-state index in [9.17, 15) is 0 Å². The first-order valence-electron chi connectivity index (χ1n) is 9.44. The molecule has 3 heteroatoms. The summed E-state index contributed by atoms with van der Waals surface area (Å²) in [4.78, 5) is 5.51. The predicted molar refractivity (Wildman–Crippen MR) is 87.3 cm³/mol. The lowest BCUT2D eigenvalue weighted by atomic mass is 9.65. The second-order valence-electron chi connectivity index (χ2n) is 8.41. The van der Waals surface area contributed by atoms with E-state index in [2.05, 4.69) is 9.80 Å². The van der Waals surface area contributed by atoms with Crippen LogP contribution in [0.25, 0.3) is 0 Å². The molecule has 0 radical (unpaired) electrons. The largest absolute Gasteiger partial charge is 0.329 e. The number of nitrogens with zero attached hydrogens (tertiary/aromatic N) is 2. The summed E-state index contributed by atoms with van der Waals surface area (Å²) < 4.78 is 0. The van der Waals surface area contributed by atoms with Crippen LogP contribution in [0.1, 0.15) is 57.8 Å². The third-order valence-electron chi connectivity index (χ3n) is 7.57. The first-order valence-corrected chi connectivity index (χ1v) is 9.44. The van der Waals surface area contributed by atoms with Gasteiger partial charge in [-0.05, 0) is 76.0 Å². The first kappa shape index (κ1) is 14.5. The summed E-state index contributed by atoms with van der Waals surface area (Å²) in [5.41, 5.74) is 7.40. The zero-order valence-electron chi connectivity index (χ0n) is 13.7. The number of piperidine rings is 4. The van der Waals surface area contributed by atoms with Gasteiger partial charge in [0, 0.05) is 18.6 Å². The number of likely N-dealkylation sites (tertiary alicyclic amines) is 1. The highest BCUT2D eigenvalue weighted by Crippen LogP contribution is 2.47. The molecule has 0 amide bonds. The van der Waals surface area contributed by atoms with Gasteiger partial charge in [0.05, 0.1) is 0 Å². The minimum Gasteiger partial charge on any atom is -0.329 e. The maximum absolute atomic E-state index is 6.36. The van der Waals surface area contributed by atoms with E-state index in [1.54, 1.807) is 0 Å². The van der Waals surface area contributed by atoms with Crippen LogP contribution in [0.3, 0.4) is 0 Å². The van der Waals surface area contributed by atoms with Crippen LogP contribution in [0, 0.1) is 11.3 Å². The van der Waals surface area contributed by atoms with Crippen molar-refractivity contribution < 1.29 is 0 Å². The second kappa shape index (κ2) is 5.50. The highest BCUT2D eigenvalue weighted by molar-refractivity contribution is 5.07. The summed E-state index contributed by atoms with van der Waals surface area (Å²) in [6.07, 6.45) is 13.1. The number of hydrogen-bond donors (Lipinski definition) is 1. The zero-order chi connectivity index (χ0) is 14.3. The van der Waals surface area contributed by atoms with Crippen molar-refractivity contribution in [2.75, 3.05) is 39.3 Å². The van der Waals surface area contributed by atoms with Crippen LogP contribution in [0.5, 0.6) is 0 Å². The van der Waals surface area contributed by atoms with E-state index in [4.69, 9.17) is 5.73 Å². The Hall–Kier alpha value is -0.120. The number of hydrogen-bond acceptors (Lipinski definition) is 3. The Bertz CT molecular complexity index is 359. The lowest BCUT2D eigenvalue weighted by Crippen LogP contribution is -2.71. The van der Waals surface area contributed by atoms with E-state index in [0.29, 0.717) is 5.54 Å². The van der Waals surface area contributed by atoms with Gasteiger partial charge < -0.3 is 10.6 Å². The minimum absolute atomic E-state index is 0.326. The van der Waals surface area contributed by atoms with Gasteiger partial charge in [-0.2, -0.15) is 0 Å². The summed E-state index contributed by atoms with van der Waals surface area (Å²) >= 11 is 0. The molecule has 5 fully saturated rings. The average Bonchev–Trinajstić information content (AvgIpc) is 2.57. The van der Waals surface area contributed by atoms with Crippen LogP contribution >= 0.6 is 0 Å². The molecule has 1 saturated carbocycles. The molecule has 5 aliphatic rings. The lowest BCUT2D eigenvalue weighted by molar-refractivity contribution is -0.0913. The van der Waals surface area contributed by atoms with Crippen molar-refractivity contribution in [3.05, 3.63) is 0 Å². The fraction of sp³-hybridized carbons (Fsp3) is 1.00. The van der Waals surface area contributed by atoms with Gasteiger partial charge in [-0.3, -0.25) is 4.90 Å². The van der Waals surface area contributed by atoms with Gasteiger partial charge in [0.2, 0.25) is 0 Å². The molecular weight excluding hydrogens is 258 g/mol. The monoisotopic (exact) mass is 291 g/mol. The van der Waals surface area contributed by atoms with Gasteiger partial charge in [0.1, 0.15) is 0 Å². The van der Waals surface area contributed by atoms with E-state index in [-0.39, 0.29) is 0 Å². The van der Waals surface area contributed by atoms with Crippen molar-refractivity contribution in [2.24, 2.45) is 17.1 Å². The molecule has 1 atom stereocenters. The fourth-order valence-corrected chi connectivity index (χ4v) is 6.09. The van der Waals surface area contributed by atoms with Gasteiger partial charge in [-0.25, -0.2) is 0 Å². The van der Waals surface area contributed by atoms with Crippen LogP contribution in [-0.4, -0.2) is 54.6 Å². The van der Waals surface area contributed by atoms with Crippen molar-refractivity contribution >= 4 is 0 Å². The van der Waals surface area contributed by atoms with Gasteiger partial charge in [-0.1, -0.05) is 19.3 Å². The first-order chi connectivity index (χ1) is 10.3. The van der Waals surface area contributed by atoms with Gasteiger partial charge in [0.15, 0.2) is 0 Å². The Kier molecular flexibility index (Phi) is 3.79. The Balaban J connectivity index is 1.47. The topological polar surface area (TPSA) is 32.5 Å². The van der Waals surface area contributed by atoms with E-state index >= 15 is 0 Å². The third kappa shape index (κ3) is 2.36. The Morgan fingerprint density at radius 1 is 0.857 bits per heavy atom. The molecule has 2 bridgehead atoms. The molecule has 4 aliphatic heterocycles. The highest BCUT2D eigenvalue weighted by atomic mass is 15.3. The molecule has 5 rings (SSSR count). The van der Waals surface area contributed by atoms with Gasteiger partial charge in [0.25, 0.3) is 0 Å². The maximum atomic E-state index is 6.36. The summed E-state index contributed by atoms with van der Waals surface area (Å²) in [6.45, 7) is 7.42. The predicted octanol–water partition coefficient (Wildman–Crippen LogP) is 2.46. The number of fused-ring (bicyclic) bond motifs is 3. The standard InChI is InChI=1S/C18H33N3/c19-14-18(15-20-10-4-16(18)5-11-20)21-12-8-17(9-13-21)6-2-1-3-7-17/h16H,1-15,19H2. The SMILES string of the molecule is NCC1(N2CCC3(CCCCC3)CC2)CN2CCC1CC2. The molecule has 120 valence electrons. The Morgan fingerprint density at radius 2 is 1.52 bits per heavy atom. The van der Waals surface area contributed by atoms with Gasteiger partial charge in [-0.15, -0.1) is 0 Å². The molecule has 0 aromatic heterocycles. The normalized spacial score (nSPS) is 43.3. The quantitative estimate of drug-likeness (QED) is 0.848. The van der Waals surface area contributed by atoms with Crippen molar-refractivity contribution in [1.82, 2.24) is 9.80 Å². The molecule has 21 heavy (non-hydrogen) atoms. The molecule has 1 unspecified atom stereocenters. The maximum Gasteiger partial charge on any atom is 0.0487 e. The van der Waals surface area contributed by atoms with Crippen LogP contribution in [0.2, 0.25) is 0 Å². The Morgan fingerprint density at radius 3 is 2.05 bits per heavy atom. The van der Waals surface area contributed by atoms with Crippen molar-refractivity contribution in [3.63, 3.8) is 0 Å². The summed E-state index contributed by atoms with van der Waals surface area (Å²) in [5, 5.41) is 0. The van der Waals surface area contributed by atoms with Crippen LogP contribution < -0.4 is 5.73 Å². The molecule has 4 heterocycles. The summed E-state index contributed by atoms with van der Waals surface area (Å²) in [7, 11) is 0. The van der Waals surface area contributed by atoms with Crippen molar-refractivity contribution in [3.8, 4) is 0 Å². The average molecular weight is 291 g/mol. The van der Waals surface area contributed by atoms with Crippen LogP contribution in [0.4, 0.5) is 0 Å². The molecular formula is C18H33N3. The molecule has 1 aliphatic carbocycles. The van der Waals surface area contributed by atoms with E-state index in [0.717, 1.165) is 17.9 Å². The molecule has 3 nitrogen and oxygen atoms in total.